The molecule has 29 heavy (non-hydrogen) atoms. The minimum Gasteiger partial charge on any atom is -0.481 e. The van der Waals surface area contributed by atoms with Gasteiger partial charge in [-0.2, -0.15) is 0 Å². The first-order chi connectivity index (χ1) is 13.8. The molecule has 0 rings (SSSR count). The fourth-order valence-corrected chi connectivity index (χ4v) is 4.06. The summed E-state index contributed by atoms with van der Waals surface area (Å²) in [5.41, 5.74) is 0. The Morgan fingerprint density at radius 3 is 0.862 bits per heavy atom. The Hall–Kier alpha value is 0.730. The third-order valence-corrected chi connectivity index (χ3v) is 5.99. The molecule has 0 unspecified atom stereocenters. The molecule has 3 heteroatoms. The number of hydrogen-bond donors (Lipinski definition) is 1. The van der Waals surface area contributed by atoms with E-state index in [-0.39, 0.29) is 37.7 Å². The minimum absolute atomic E-state index is 0. The second-order valence-corrected chi connectivity index (χ2v) is 8.92. The molecule has 2 nitrogen and oxygen atoms in total. The second kappa shape index (κ2) is 28.7. The number of hydrogen-bond acceptors (Lipinski definition) is 1. The van der Waals surface area contributed by atoms with E-state index in [1.807, 2.05) is 0 Å². The van der Waals surface area contributed by atoms with Crippen molar-refractivity contribution in [3.8, 4) is 0 Å². The molecule has 0 aliphatic carbocycles. The van der Waals surface area contributed by atoms with Crippen LogP contribution in [0, 0.1) is 0 Å². The molecule has 0 amide bonds. The molecule has 0 saturated heterocycles. The van der Waals surface area contributed by atoms with Gasteiger partial charge in [-0.25, -0.2) is 0 Å². The molecule has 170 valence electrons. The van der Waals surface area contributed by atoms with Crippen molar-refractivity contribution in [3.05, 3.63) is 0 Å². The molecule has 0 aliphatic heterocycles. The predicted octanol–water partition coefficient (Wildman–Crippen LogP) is 9.07. The van der Waals surface area contributed by atoms with Crippen LogP contribution in [0.3, 0.4) is 0 Å². The van der Waals surface area contributed by atoms with E-state index in [2.05, 4.69) is 6.92 Å². The van der Waals surface area contributed by atoms with Gasteiger partial charge in [0.05, 0.1) is 0 Å². The van der Waals surface area contributed by atoms with Crippen LogP contribution >= 0.6 is 0 Å². The molecular formula is C26H52CaO2. The summed E-state index contributed by atoms with van der Waals surface area (Å²) in [7, 11) is 0. The van der Waals surface area contributed by atoms with E-state index >= 15 is 0 Å². The summed E-state index contributed by atoms with van der Waals surface area (Å²) in [4.78, 5) is 10.4. The zero-order chi connectivity index (χ0) is 20.5. The van der Waals surface area contributed by atoms with Gasteiger partial charge in [-0.1, -0.05) is 148 Å². The molecular weight excluding hydrogens is 384 g/mol. The Labute approximate surface area is 213 Å². The van der Waals surface area contributed by atoms with Crippen LogP contribution in [0.15, 0.2) is 0 Å². The minimum atomic E-state index is -0.650. The standard InChI is InChI=1S/C26H52O2.Ca/c1-2-3-4-5-6-7-8-9-10-11-12-13-14-15-16-17-18-19-20-21-22-23-24-25-26(27)28;/h2-25H2,1H3,(H,27,28);. The molecule has 0 aromatic carbocycles. The Balaban J connectivity index is 0. The van der Waals surface area contributed by atoms with Gasteiger partial charge >= 0.3 is 5.97 Å². The van der Waals surface area contributed by atoms with Crippen molar-refractivity contribution < 1.29 is 9.90 Å². The number of carbonyl (C=O) groups is 1. The van der Waals surface area contributed by atoms with Crippen molar-refractivity contribution >= 4 is 43.7 Å². The number of aliphatic carboxylic acids is 1. The Morgan fingerprint density at radius 2 is 0.655 bits per heavy atom. The van der Waals surface area contributed by atoms with Crippen LogP contribution in [0.25, 0.3) is 0 Å². The fraction of sp³-hybridized carbons (Fsp3) is 0.962. The molecule has 0 aromatic rings. The average Bonchev–Trinajstić information content (AvgIpc) is 2.68. The zero-order valence-electron chi connectivity index (χ0n) is 20.0. The maximum atomic E-state index is 10.4. The monoisotopic (exact) mass is 436 g/mol. The summed E-state index contributed by atoms with van der Waals surface area (Å²) in [6.07, 6.45) is 32.0. The Bertz CT molecular complexity index is 307. The van der Waals surface area contributed by atoms with E-state index in [0.717, 1.165) is 12.8 Å². The number of rotatable bonds is 24. The second-order valence-electron chi connectivity index (χ2n) is 8.92. The van der Waals surface area contributed by atoms with Crippen LogP contribution in [0.5, 0.6) is 0 Å². The van der Waals surface area contributed by atoms with Crippen molar-refractivity contribution in [1.29, 1.82) is 0 Å². The van der Waals surface area contributed by atoms with E-state index in [4.69, 9.17) is 5.11 Å². The first kappa shape index (κ1) is 31.9. The van der Waals surface area contributed by atoms with Crippen molar-refractivity contribution in [3.63, 3.8) is 0 Å². The largest absolute Gasteiger partial charge is 0.481 e. The van der Waals surface area contributed by atoms with E-state index in [1.165, 1.54) is 135 Å². The normalized spacial score (nSPS) is 10.8. The van der Waals surface area contributed by atoms with E-state index in [1.54, 1.807) is 0 Å². The molecule has 0 heterocycles. The third-order valence-electron chi connectivity index (χ3n) is 5.99. The first-order valence-electron chi connectivity index (χ1n) is 13.0. The van der Waals surface area contributed by atoms with E-state index in [0.29, 0.717) is 6.42 Å². The molecule has 0 fully saturated rings. The Kier molecular flexibility index (Phi) is 31.6. The molecule has 2 radical (unpaired) electrons. The molecule has 0 bridgehead atoms. The summed E-state index contributed by atoms with van der Waals surface area (Å²) in [6, 6.07) is 0. The SMILES string of the molecule is CCCCCCCCCCCCCCCCCCCCCCCCCC(=O)O.[Ca]. The Morgan fingerprint density at radius 1 is 0.448 bits per heavy atom. The quantitative estimate of drug-likeness (QED) is 0.121. The maximum Gasteiger partial charge on any atom is 0.303 e. The summed E-state index contributed by atoms with van der Waals surface area (Å²) in [5, 5.41) is 8.59. The third kappa shape index (κ3) is 31.0. The molecule has 0 aromatic heterocycles. The fourth-order valence-electron chi connectivity index (χ4n) is 4.06. The maximum absolute atomic E-state index is 10.4. The summed E-state index contributed by atoms with van der Waals surface area (Å²) < 4.78 is 0. The summed E-state index contributed by atoms with van der Waals surface area (Å²) in [5.74, 6) is -0.650. The van der Waals surface area contributed by atoms with Gasteiger partial charge in [-0.15, -0.1) is 0 Å². The average molecular weight is 437 g/mol. The van der Waals surface area contributed by atoms with Crippen LogP contribution in [0.2, 0.25) is 0 Å². The van der Waals surface area contributed by atoms with Gasteiger partial charge in [-0.05, 0) is 6.42 Å². The van der Waals surface area contributed by atoms with Gasteiger partial charge in [0.15, 0.2) is 0 Å². The van der Waals surface area contributed by atoms with Crippen LogP contribution in [0.4, 0.5) is 0 Å². The number of unbranched alkanes of at least 4 members (excludes halogenated alkanes) is 22. The summed E-state index contributed by atoms with van der Waals surface area (Å²) in [6.45, 7) is 2.29. The topological polar surface area (TPSA) is 37.3 Å². The number of carboxylic acid groups (broad SMARTS) is 1. The summed E-state index contributed by atoms with van der Waals surface area (Å²) >= 11 is 0. The smallest absolute Gasteiger partial charge is 0.303 e. The van der Waals surface area contributed by atoms with Crippen LogP contribution < -0.4 is 0 Å². The first-order valence-corrected chi connectivity index (χ1v) is 13.0. The van der Waals surface area contributed by atoms with Gasteiger partial charge in [0, 0.05) is 44.2 Å². The van der Waals surface area contributed by atoms with Crippen LogP contribution in [-0.2, 0) is 4.79 Å². The van der Waals surface area contributed by atoms with Crippen molar-refractivity contribution in [2.45, 2.75) is 161 Å². The number of carboxylic acids is 1. The van der Waals surface area contributed by atoms with Crippen molar-refractivity contribution in [1.82, 2.24) is 0 Å². The molecule has 0 aliphatic rings. The predicted molar refractivity (Wildman–Crippen MR) is 130 cm³/mol. The molecule has 0 atom stereocenters. The van der Waals surface area contributed by atoms with Gasteiger partial charge < -0.3 is 5.11 Å². The van der Waals surface area contributed by atoms with Crippen LogP contribution in [-0.4, -0.2) is 48.8 Å². The van der Waals surface area contributed by atoms with Crippen molar-refractivity contribution in [2.75, 3.05) is 0 Å². The van der Waals surface area contributed by atoms with E-state index in [9.17, 15) is 4.79 Å². The van der Waals surface area contributed by atoms with E-state index < -0.39 is 5.97 Å². The van der Waals surface area contributed by atoms with Crippen LogP contribution in [0.1, 0.15) is 161 Å². The zero-order valence-corrected chi connectivity index (χ0v) is 22.2. The van der Waals surface area contributed by atoms with Crippen molar-refractivity contribution in [2.24, 2.45) is 0 Å². The van der Waals surface area contributed by atoms with Gasteiger partial charge in [0.2, 0.25) is 0 Å². The molecule has 0 spiro atoms. The van der Waals surface area contributed by atoms with Gasteiger partial charge in [-0.3, -0.25) is 4.79 Å². The van der Waals surface area contributed by atoms with Gasteiger partial charge in [0.1, 0.15) is 0 Å². The molecule has 0 saturated carbocycles. The van der Waals surface area contributed by atoms with Gasteiger partial charge in [0.25, 0.3) is 0 Å². The molecule has 1 N–H and O–H groups in total.